The van der Waals surface area contributed by atoms with E-state index in [1.807, 2.05) is 0 Å². The highest BCUT2D eigenvalue weighted by atomic mass is 14.9. The molecule has 266 valence electrons. The van der Waals surface area contributed by atoms with E-state index in [0.717, 1.165) is 38.9 Å². The average Bonchev–Trinajstić information content (AvgIpc) is 3.58. The number of benzene rings is 9. The normalized spacial score (nSPS) is 12.7. The van der Waals surface area contributed by atoms with Gasteiger partial charge in [0, 0.05) is 16.5 Å². The summed E-state index contributed by atoms with van der Waals surface area (Å²) in [6, 6.07) is 78.8. The molecule has 57 heavy (non-hydrogen) atoms. The van der Waals surface area contributed by atoms with Crippen molar-refractivity contribution in [2.45, 2.75) is 5.41 Å². The molecular formula is C55H36N2. The van der Waals surface area contributed by atoms with Crippen molar-refractivity contribution in [2.24, 2.45) is 0 Å². The van der Waals surface area contributed by atoms with Crippen molar-refractivity contribution in [3.05, 3.63) is 241 Å². The van der Waals surface area contributed by atoms with Gasteiger partial charge < -0.3 is 0 Å². The zero-order valence-corrected chi connectivity index (χ0v) is 31.2. The lowest BCUT2D eigenvalue weighted by Crippen LogP contribution is -2.28. The number of hydrogen-bond donors (Lipinski definition) is 0. The fourth-order valence-electron chi connectivity index (χ4n) is 9.19. The van der Waals surface area contributed by atoms with Gasteiger partial charge >= 0.3 is 0 Å². The van der Waals surface area contributed by atoms with E-state index in [9.17, 15) is 0 Å². The van der Waals surface area contributed by atoms with Gasteiger partial charge in [-0.2, -0.15) is 0 Å². The molecule has 0 aliphatic heterocycles. The highest BCUT2D eigenvalue weighted by Gasteiger charge is 2.46. The molecule has 11 rings (SSSR count). The molecule has 2 heteroatoms. The number of fused-ring (bicyclic) bond motifs is 5. The van der Waals surface area contributed by atoms with Crippen molar-refractivity contribution in [1.29, 1.82) is 0 Å². The van der Waals surface area contributed by atoms with Crippen molar-refractivity contribution in [3.63, 3.8) is 0 Å². The fraction of sp³-hybridized carbons (Fsp3) is 0.0182. The van der Waals surface area contributed by atoms with E-state index in [-0.39, 0.29) is 0 Å². The van der Waals surface area contributed by atoms with Gasteiger partial charge in [0.05, 0.1) is 16.6 Å². The molecule has 0 amide bonds. The lowest BCUT2D eigenvalue weighted by molar-refractivity contribution is 0.769. The van der Waals surface area contributed by atoms with Crippen LogP contribution < -0.4 is 0 Å². The first-order valence-electron chi connectivity index (χ1n) is 19.6. The van der Waals surface area contributed by atoms with Crippen LogP contribution in [-0.4, -0.2) is 9.97 Å². The van der Waals surface area contributed by atoms with Crippen LogP contribution in [0, 0.1) is 0 Å². The highest BCUT2D eigenvalue weighted by molar-refractivity contribution is 6.03. The summed E-state index contributed by atoms with van der Waals surface area (Å²) in [7, 11) is 0. The number of hydrogen-bond acceptors (Lipinski definition) is 2. The molecule has 2 nitrogen and oxygen atoms in total. The van der Waals surface area contributed by atoms with Gasteiger partial charge in [-0.1, -0.05) is 188 Å². The summed E-state index contributed by atoms with van der Waals surface area (Å²) in [6.45, 7) is 0. The zero-order chi connectivity index (χ0) is 37.8. The standard InChI is InChI=1S/C55H36N2/c1-4-17-37(18-5-1)38-19-14-22-41(33-38)53-47-29-11-13-32-52(47)56-54(57-53)42-23-15-20-39(34-42)45-30-16-21-40-35-51-49(36-48(40)45)46-28-10-12-31-50(46)55(51,43-24-6-2-7-25-43)44-26-8-3-9-27-44/h1-36H. The van der Waals surface area contributed by atoms with E-state index in [4.69, 9.17) is 9.97 Å². The summed E-state index contributed by atoms with van der Waals surface area (Å²) in [5.41, 5.74) is 15.8. The Balaban J connectivity index is 1.07. The molecule has 9 aromatic carbocycles. The predicted octanol–water partition coefficient (Wildman–Crippen LogP) is 13.8. The Morgan fingerprint density at radius 2 is 0.895 bits per heavy atom. The second-order valence-electron chi connectivity index (χ2n) is 14.9. The highest BCUT2D eigenvalue weighted by Crippen LogP contribution is 2.57. The molecule has 0 N–H and O–H groups in total. The molecule has 0 bridgehead atoms. The average molecular weight is 725 g/mol. The van der Waals surface area contributed by atoms with Gasteiger partial charge in [-0.05, 0) is 96.7 Å². The molecule has 0 spiro atoms. The Kier molecular flexibility index (Phi) is 7.75. The summed E-state index contributed by atoms with van der Waals surface area (Å²) < 4.78 is 0. The van der Waals surface area contributed by atoms with Crippen molar-refractivity contribution >= 4 is 21.7 Å². The van der Waals surface area contributed by atoms with Gasteiger partial charge in [-0.3, -0.25) is 0 Å². The second-order valence-corrected chi connectivity index (χ2v) is 14.9. The largest absolute Gasteiger partial charge is 0.228 e. The van der Waals surface area contributed by atoms with Crippen LogP contribution in [0.5, 0.6) is 0 Å². The van der Waals surface area contributed by atoms with Gasteiger partial charge in [0.1, 0.15) is 0 Å². The minimum absolute atomic E-state index is 0.440. The van der Waals surface area contributed by atoms with Crippen LogP contribution in [-0.2, 0) is 5.41 Å². The summed E-state index contributed by atoms with van der Waals surface area (Å²) in [5.74, 6) is 0.709. The Morgan fingerprint density at radius 1 is 0.316 bits per heavy atom. The van der Waals surface area contributed by atoms with Crippen molar-refractivity contribution in [2.75, 3.05) is 0 Å². The Bertz CT molecular complexity index is 3070. The third-order valence-corrected chi connectivity index (χ3v) is 11.7. The van der Waals surface area contributed by atoms with E-state index in [1.54, 1.807) is 0 Å². The van der Waals surface area contributed by atoms with E-state index in [2.05, 4.69) is 218 Å². The van der Waals surface area contributed by atoms with Gasteiger partial charge in [-0.15, -0.1) is 0 Å². The maximum absolute atomic E-state index is 5.31. The van der Waals surface area contributed by atoms with Gasteiger partial charge in [0.25, 0.3) is 0 Å². The Hall–Kier alpha value is -7.42. The van der Waals surface area contributed by atoms with E-state index in [1.165, 1.54) is 55.3 Å². The number of rotatable bonds is 6. The first-order chi connectivity index (χ1) is 28.3. The molecule has 1 aliphatic carbocycles. The van der Waals surface area contributed by atoms with Crippen LogP contribution in [0.3, 0.4) is 0 Å². The van der Waals surface area contributed by atoms with Gasteiger partial charge in [0.15, 0.2) is 5.82 Å². The molecule has 0 saturated heterocycles. The molecule has 1 aromatic heterocycles. The van der Waals surface area contributed by atoms with E-state index in [0.29, 0.717) is 5.82 Å². The third kappa shape index (κ3) is 5.33. The molecule has 1 aliphatic rings. The summed E-state index contributed by atoms with van der Waals surface area (Å²) in [5, 5.41) is 3.47. The Labute approximate surface area is 332 Å². The molecule has 0 atom stereocenters. The van der Waals surface area contributed by atoms with Crippen LogP contribution >= 0.6 is 0 Å². The van der Waals surface area contributed by atoms with Crippen molar-refractivity contribution < 1.29 is 0 Å². The minimum atomic E-state index is -0.440. The molecule has 0 fully saturated rings. The number of para-hydroxylation sites is 1. The maximum Gasteiger partial charge on any atom is 0.160 e. The van der Waals surface area contributed by atoms with Gasteiger partial charge in [0.2, 0.25) is 0 Å². The smallest absolute Gasteiger partial charge is 0.160 e. The maximum atomic E-state index is 5.31. The zero-order valence-electron chi connectivity index (χ0n) is 31.2. The molecule has 0 radical (unpaired) electrons. The fourth-order valence-corrected chi connectivity index (χ4v) is 9.19. The quantitative estimate of drug-likeness (QED) is 0.171. The first kappa shape index (κ1) is 33.0. The minimum Gasteiger partial charge on any atom is -0.228 e. The first-order valence-corrected chi connectivity index (χ1v) is 19.6. The van der Waals surface area contributed by atoms with Crippen molar-refractivity contribution in [3.8, 4) is 56.0 Å². The summed E-state index contributed by atoms with van der Waals surface area (Å²) in [4.78, 5) is 10.5. The Morgan fingerprint density at radius 3 is 1.68 bits per heavy atom. The van der Waals surface area contributed by atoms with Crippen LogP contribution in [0.4, 0.5) is 0 Å². The predicted molar refractivity (Wildman–Crippen MR) is 236 cm³/mol. The van der Waals surface area contributed by atoms with Gasteiger partial charge in [-0.25, -0.2) is 9.97 Å². The summed E-state index contributed by atoms with van der Waals surface area (Å²) in [6.07, 6.45) is 0. The molecule has 0 saturated carbocycles. The molecule has 0 unspecified atom stereocenters. The monoisotopic (exact) mass is 724 g/mol. The molecule has 10 aromatic rings. The van der Waals surface area contributed by atoms with E-state index >= 15 is 0 Å². The topological polar surface area (TPSA) is 25.8 Å². The van der Waals surface area contributed by atoms with Crippen molar-refractivity contribution in [1.82, 2.24) is 9.97 Å². The SMILES string of the molecule is c1ccc(-c2cccc(-c3nc(-c4cccc(-c5cccc6cc7c(cc56)-c5ccccc5C7(c5ccccc5)c5ccccc5)c4)nc4ccccc34)c2)cc1. The van der Waals surface area contributed by atoms with Crippen LogP contribution in [0.1, 0.15) is 22.3 Å². The lowest BCUT2D eigenvalue weighted by atomic mass is 9.67. The van der Waals surface area contributed by atoms with Crippen LogP contribution in [0.25, 0.3) is 77.7 Å². The van der Waals surface area contributed by atoms with Crippen LogP contribution in [0.2, 0.25) is 0 Å². The van der Waals surface area contributed by atoms with Crippen LogP contribution in [0.15, 0.2) is 218 Å². The number of aromatic nitrogens is 2. The van der Waals surface area contributed by atoms with E-state index < -0.39 is 5.41 Å². The lowest BCUT2D eigenvalue weighted by Gasteiger charge is -2.34. The third-order valence-electron chi connectivity index (χ3n) is 11.7. The molecule has 1 heterocycles. The summed E-state index contributed by atoms with van der Waals surface area (Å²) >= 11 is 0. The second kappa shape index (κ2) is 13.4. The molecular weight excluding hydrogens is 689 g/mol. The number of nitrogens with zero attached hydrogens (tertiary/aromatic N) is 2.